The van der Waals surface area contributed by atoms with E-state index in [1.54, 1.807) is 0 Å². The van der Waals surface area contributed by atoms with Crippen LogP contribution in [0.2, 0.25) is 0 Å². The highest BCUT2D eigenvalue weighted by Crippen LogP contribution is 2.15. The van der Waals surface area contributed by atoms with Crippen LogP contribution in [0.15, 0.2) is 4.99 Å². The molecule has 0 radical (unpaired) electrons. The molecule has 0 aromatic carbocycles. The molecule has 1 unspecified atom stereocenters. The largest absolute Gasteiger partial charge is 0.356 e. The number of likely N-dealkylation sites (N-methyl/N-ethyl adjacent to an activating group) is 1. The second kappa shape index (κ2) is 5.53. The van der Waals surface area contributed by atoms with Crippen LogP contribution in [0, 0.1) is 5.92 Å². The minimum atomic E-state index is 0.809. The van der Waals surface area contributed by atoms with Gasteiger partial charge in [0, 0.05) is 26.7 Å². The van der Waals surface area contributed by atoms with Gasteiger partial charge in [-0.1, -0.05) is 6.92 Å². The van der Waals surface area contributed by atoms with Gasteiger partial charge in [-0.2, -0.15) is 0 Å². The summed E-state index contributed by atoms with van der Waals surface area (Å²) in [5, 5.41) is 3.49. The Bertz CT molecular complexity index is 251. The predicted molar refractivity (Wildman–Crippen MR) is 67.8 cm³/mol. The molecule has 1 fully saturated rings. The number of hydrogen-bond acceptors (Lipinski definition) is 4. The fourth-order valence-corrected chi connectivity index (χ4v) is 2.56. The molecule has 2 heterocycles. The van der Waals surface area contributed by atoms with Gasteiger partial charge in [0.25, 0.3) is 0 Å². The summed E-state index contributed by atoms with van der Waals surface area (Å²) in [4.78, 5) is 9.23. The van der Waals surface area contributed by atoms with Crippen LogP contribution in [0.3, 0.4) is 0 Å². The molecule has 0 bridgehead atoms. The Kier molecular flexibility index (Phi) is 4.04. The van der Waals surface area contributed by atoms with E-state index in [0.717, 1.165) is 31.5 Å². The molecule has 4 heteroatoms. The molecular weight excluding hydrogens is 200 g/mol. The van der Waals surface area contributed by atoms with Crippen LogP contribution in [-0.2, 0) is 0 Å². The second-order valence-electron chi connectivity index (χ2n) is 4.96. The van der Waals surface area contributed by atoms with E-state index in [-0.39, 0.29) is 0 Å². The second-order valence-corrected chi connectivity index (χ2v) is 4.96. The van der Waals surface area contributed by atoms with Crippen LogP contribution in [-0.4, -0.2) is 62.1 Å². The number of nitrogens with one attached hydrogen (secondary N) is 1. The summed E-state index contributed by atoms with van der Waals surface area (Å²) in [5.41, 5.74) is 0. The average molecular weight is 224 g/mol. The van der Waals surface area contributed by atoms with Crippen molar-refractivity contribution in [3.8, 4) is 0 Å². The molecule has 1 saturated heterocycles. The van der Waals surface area contributed by atoms with Gasteiger partial charge in [0.05, 0.1) is 6.54 Å². The van der Waals surface area contributed by atoms with Crippen molar-refractivity contribution in [2.45, 2.75) is 19.8 Å². The quantitative estimate of drug-likeness (QED) is 0.759. The summed E-state index contributed by atoms with van der Waals surface area (Å²) in [5.74, 6) is 1.90. The smallest absolute Gasteiger partial charge is 0.193 e. The van der Waals surface area contributed by atoms with E-state index in [4.69, 9.17) is 0 Å². The van der Waals surface area contributed by atoms with E-state index in [0.29, 0.717) is 0 Å². The summed E-state index contributed by atoms with van der Waals surface area (Å²) in [6.07, 6.45) is 2.61. The van der Waals surface area contributed by atoms with Gasteiger partial charge in [0.1, 0.15) is 0 Å². The molecule has 0 saturated carbocycles. The van der Waals surface area contributed by atoms with Crippen LogP contribution in [0.5, 0.6) is 0 Å². The topological polar surface area (TPSA) is 30.9 Å². The molecule has 0 aliphatic carbocycles. The zero-order valence-corrected chi connectivity index (χ0v) is 10.6. The Morgan fingerprint density at radius 1 is 1.44 bits per heavy atom. The first-order valence-corrected chi connectivity index (χ1v) is 6.51. The van der Waals surface area contributed by atoms with Crippen LogP contribution < -0.4 is 5.32 Å². The number of guanidine groups is 1. The lowest BCUT2D eigenvalue weighted by atomic mass is 10.1. The van der Waals surface area contributed by atoms with Gasteiger partial charge in [0.2, 0.25) is 0 Å². The van der Waals surface area contributed by atoms with Crippen molar-refractivity contribution >= 4 is 5.96 Å². The average Bonchev–Trinajstić information content (AvgIpc) is 2.86. The van der Waals surface area contributed by atoms with Crippen molar-refractivity contribution < 1.29 is 0 Å². The fraction of sp³-hybridized carbons (Fsp3) is 0.917. The zero-order valence-electron chi connectivity index (χ0n) is 10.6. The SMILES string of the molecule is CCCN1CCC(CNC2=NCCN2C)C1. The lowest BCUT2D eigenvalue weighted by Crippen LogP contribution is -2.38. The monoisotopic (exact) mass is 224 g/mol. The molecule has 16 heavy (non-hydrogen) atoms. The third-order valence-electron chi connectivity index (χ3n) is 3.52. The van der Waals surface area contributed by atoms with Gasteiger partial charge in [-0.25, -0.2) is 0 Å². The minimum absolute atomic E-state index is 0.809. The maximum absolute atomic E-state index is 4.45. The molecule has 1 N–H and O–H groups in total. The van der Waals surface area contributed by atoms with Gasteiger partial charge >= 0.3 is 0 Å². The molecule has 2 aliphatic heterocycles. The van der Waals surface area contributed by atoms with E-state index in [1.807, 2.05) is 0 Å². The fourth-order valence-electron chi connectivity index (χ4n) is 2.56. The Labute approximate surface area is 98.7 Å². The molecular formula is C12H24N4. The zero-order chi connectivity index (χ0) is 11.4. The maximum Gasteiger partial charge on any atom is 0.193 e. The van der Waals surface area contributed by atoms with Crippen molar-refractivity contribution in [3.63, 3.8) is 0 Å². The lowest BCUT2D eigenvalue weighted by Gasteiger charge is -2.18. The normalized spacial score (nSPS) is 26.2. The van der Waals surface area contributed by atoms with E-state index >= 15 is 0 Å². The third kappa shape index (κ3) is 2.88. The predicted octanol–water partition coefficient (Wildman–Crippen LogP) is 0.609. The molecule has 2 aliphatic rings. The maximum atomic E-state index is 4.45. The van der Waals surface area contributed by atoms with E-state index in [9.17, 15) is 0 Å². The molecule has 92 valence electrons. The summed E-state index contributed by atoms with van der Waals surface area (Å²) in [6.45, 7) is 9.16. The Balaban J connectivity index is 1.67. The van der Waals surface area contributed by atoms with Gasteiger partial charge in [0.15, 0.2) is 5.96 Å². The van der Waals surface area contributed by atoms with Gasteiger partial charge in [-0.3, -0.25) is 4.99 Å². The first-order chi connectivity index (χ1) is 7.79. The molecule has 0 aromatic rings. The van der Waals surface area contributed by atoms with Crippen LogP contribution in [0.25, 0.3) is 0 Å². The summed E-state index contributed by atoms with van der Waals surface area (Å²) >= 11 is 0. The van der Waals surface area contributed by atoms with Gasteiger partial charge in [-0.15, -0.1) is 0 Å². The summed E-state index contributed by atoms with van der Waals surface area (Å²) in [7, 11) is 2.11. The first kappa shape index (κ1) is 11.7. The molecule has 2 rings (SSSR count). The number of aliphatic imine (C=N–C) groups is 1. The van der Waals surface area contributed by atoms with Crippen LogP contribution in [0.1, 0.15) is 19.8 Å². The number of rotatable bonds is 4. The van der Waals surface area contributed by atoms with Crippen molar-refractivity contribution in [1.29, 1.82) is 0 Å². The van der Waals surface area contributed by atoms with Gasteiger partial charge in [-0.05, 0) is 31.8 Å². The standard InChI is InChI=1S/C12H24N4/c1-3-6-16-7-4-11(10-16)9-14-12-13-5-8-15(12)2/h11H,3-10H2,1-2H3,(H,13,14). The van der Waals surface area contributed by atoms with Crippen molar-refractivity contribution in [2.24, 2.45) is 10.9 Å². The Morgan fingerprint density at radius 2 is 2.31 bits per heavy atom. The molecule has 1 atom stereocenters. The minimum Gasteiger partial charge on any atom is -0.356 e. The number of nitrogens with zero attached hydrogens (tertiary/aromatic N) is 3. The number of hydrogen-bond donors (Lipinski definition) is 1. The highest BCUT2D eigenvalue weighted by atomic mass is 15.3. The molecule has 0 spiro atoms. The molecule has 4 nitrogen and oxygen atoms in total. The van der Waals surface area contributed by atoms with Crippen molar-refractivity contribution in [3.05, 3.63) is 0 Å². The van der Waals surface area contributed by atoms with E-state index in [2.05, 4.69) is 34.1 Å². The van der Waals surface area contributed by atoms with E-state index in [1.165, 1.54) is 32.5 Å². The first-order valence-electron chi connectivity index (χ1n) is 6.51. The third-order valence-corrected chi connectivity index (χ3v) is 3.52. The summed E-state index contributed by atoms with van der Waals surface area (Å²) in [6, 6.07) is 0. The Hall–Kier alpha value is -0.770. The molecule has 0 amide bonds. The van der Waals surface area contributed by atoms with Crippen LogP contribution in [0.4, 0.5) is 0 Å². The van der Waals surface area contributed by atoms with Gasteiger partial charge < -0.3 is 15.1 Å². The lowest BCUT2D eigenvalue weighted by molar-refractivity contribution is 0.324. The van der Waals surface area contributed by atoms with E-state index < -0.39 is 0 Å². The highest BCUT2D eigenvalue weighted by molar-refractivity contribution is 5.81. The Morgan fingerprint density at radius 3 is 3.00 bits per heavy atom. The van der Waals surface area contributed by atoms with Crippen LogP contribution >= 0.6 is 0 Å². The highest BCUT2D eigenvalue weighted by Gasteiger charge is 2.22. The molecule has 0 aromatic heterocycles. The van der Waals surface area contributed by atoms with Crippen molar-refractivity contribution in [2.75, 3.05) is 46.3 Å². The summed E-state index contributed by atoms with van der Waals surface area (Å²) < 4.78 is 0. The van der Waals surface area contributed by atoms with Crippen molar-refractivity contribution in [1.82, 2.24) is 15.1 Å². The number of likely N-dealkylation sites (tertiary alicyclic amines) is 1.